The number of rotatable bonds is 7. The highest BCUT2D eigenvalue weighted by atomic mass is 32.2. The van der Waals surface area contributed by atoms with Gasteiger partial charge in [-0.25, -0.2) is 4.98 Å². The molecule has 4 rings (SSSR count). The van der Waals surface area contributed by atoms with Crippen molar-refractivity contribution in [3.63, 3.8) is 0 Å². The van der Waals surface area contributed by atoms with Crippen molar-refractivity contribution in [2.24, 2.45) is 11.3 Å². The van der Waals surface area contributed by atoms with E-state index in [1.807, 2.05) is 34.9 Å². The average Bonchev–Trinajstić information content (AvgIpc) is 3.11. The lowest BCUT2D eigenvalue weighted by Gasteiger charge is -2.33. The number of aryl methyl sites for hydroxylation is 1. The van der Waals surface area contributed by atoms with Crippen LogP contribution in [0.1, 0.15) is 70.2 Å². The van der Waals surface area contributed by atoms with Gasteiger partial charge in [0.1, 0.15) is 4.83 Å². The van der Waals surface area contributed by atoms with Gasteiger partial charge in [0, 0.05) is 10.6 Å². The molecule has 5 heteroatoms. The predicted octanol–water partition coefficient (Wildman–Crippen LogP) is 7.27. The Morgan fingerprint density at radius 1 is 1.16 bits per heavy atom. The van der Waals surface area contributed by atoms with E-state index in [0.717, 1.165) is 52.5 Å². The summed E-state index contributed by atoms with van der Waals surface area (Å²) >= 11 is 3.49. The second kappa shape index (κ2) is 9.50. The number of hydrogen-bond acceptors (Lipinski definition) is 4. The molecule has 0 unspecified atom stereocenters. The van der Waals surface area contributed by atoms with Crippen LogP contribution in [0.4, 0.5) is 0 Å². The molecule has 0 saturated heterocycles. The lowest BCUT2D eigenvalue weighted by Crippen LogP contribution is -2.27. The smallest absolute Gasteiger partial charge is 0.267 e. The van der Waals surface area contributed by atoms with E-state index in [-0.39, 0.29) is 5.56 Å². The molecule has 2 heterocycles. The minimum absolute atomic E-state index is 0.110. The van der Waals surface area contributed by atoms with E-state index in [9.17, 15) is 4.79 Å². The number of benzene rings is 1. The van der Waals surface area contributed by atoms with Crippen molar-refractivity contribution in [2.75, 3.05) is 5.75 Å². The van der Waals surface area contributed by atoms with Gasteiger partial charge >= 0.3 is 0 Å². The molecule has 166 valence electrons. The molecule has 1 aliphatic rings. The molecule has 0 saturated carbocycles. The number of nitrogens with zero attached hydrogens (tertiary/aromatic N) is 2. The third-order valence-electron chi connectivity index (χ3n) is 6.52. The molecule has 1 aliphatic carbocycles. The zero-order valence-corrected chi connectivity index (χ0v) is 20.9. The van der Waals surface area contributed by atoms with Crippen molar-refractivity contribution in [1.82, 2.24) is 9.55 Å². The average molecular weight is 455 g/mol. The number of unbranched alkanes of at least 4 members (excludes halogenated alkanes) is 3. The van der Waals surface area contributed by atoms with Crippen LogP contribution < -0.4 is 5.56 Å². The van der Waals surface area contributed by atoms with Gasteiger partial charge in [-0.3, -0.25) is 9.36 Å². The molecule has 3 aromatic rings. The molecule has 0 amide bonds. The van der Waals surface area contributed by atoms with Crippen molar-refractivity contribution in [3.05, 3.63) is 51.1 Å². The minimum Gasteiger partial charge on any atom is -0.268 e. The molecular formula is C26H34N2OS2. The fraction of sp³-hybridized carbons (Fsp3) is 0.538. The van der Waals surface area contributed by atoms with Gasteiger partial charge in [-0.2, -0.15) is 0 Å². The summed E-state index contributed by atoms with van der Waals surface area (Å²) in [6, 6.07) is 10.0. The summed E-state index contributed by atoms with van der Waals surface area (Å²) in [6.07, 6.45) is 8.13. The SMILES string of the molecule is CCCCCCSc1nc2sc3c(c2c(=O)n1-c1ccccc1)CC[C@@H](C(C)(C)C)C3. The van der Waals surface area contributed by atoms with Crippen LogP contribution in [-0.2, 0) is 12.8 Å². The van der Waals surface area contributed by atoms with E-state index in [0.29, 0.717) is 11.3 Å². The van der Waals surface area contributed by atoms with Crippen LogP contribution in [0.2, 0.25) is 0 Å². The summed E-state index contributed by atoms with van der Waals surface area (Å²) in [5.74, 6) is 1.67. The third-order valence-corrected chi connectivity index (χ3v) is 8.69. The van der Waals surface area contributed by atoms with Crippen LogP contribution >= 0.6 is 23.1 Å². The molecule has 0 spiro atoms. The maximum Gasteiger partial charge on any atom is 0.267 e. The fourth-order valence-corrected chi connectivity index (χ4v) is 6.89. The third kappa shape index (κ3) is 4.78. The van der Waals surface area contributed by atoms with Crippen LogP contribution in [0.15, 0.2) is 40.3 Å². The Bertz CT molecular complexity index is 1090. The molecule has 3 nitrogen and oxygen atoms in total. The predicted molar refractivity (Wildman–Crippen MR) is 135 cm³/mol. The molecule has 1 atom stereocenters. The fourth-order valence-electron chi connectivity index (χ4n) is 4.54. The Hall–Kier alpha value is -1.59. The van der Waals surface area contributed by atoms with Gasteiger partial charge in [-0.05, 0) is 54.7 Å². The standard InChI is InChI=1S/C26H34N2OS2/c1-5-6-7-11-16-30-25-27-23-22(24(29)28(25)19-12-9-8-10-13-19)20-15-14-18(26(2,3)4)17-21(20)31-23/h8-10,12-13,18H,5-7,11,14-17H2,1-4H3/t18-/m1/s1. The first-order valence-electron chi connectivity index (χ1n) is 11.7. The Balaban J connectivity index is 1.77. The molecule has 0 N–H and O–H groups in total. The monoisotopic (exact) mass is 454 g/mol. The minimum atomic E-state index is 0.110. The number of fused-ring (bicyclic) bond motifs is 3. The second-order valence-electron chi connectivity index (χ2n) is 9.77. The van der Waals surface area contributed by atoms with Crippen molar-refractivity contribution in [2.45, 2.75) is 77.8 Å². The number of thiophene rings is 1. The molecule has 0 aliphatic heterocycles. The maximum atomic E-state index is 13.8. The quantitative estimate of drug-likeness (QED) is 0.214. The zero-order valence-electron chi connectivity index (χ0n) is 19.2. The summed E-state index contributed by atoms with van der Waals surface area (Å²) in [7, 11) is 0. The molecule has 1 aromatic carbocycles. The van der Waals surface area contributed by atoms with Gasteiger partial charge in [0.05, 0.1) is 11.1 Å². The van der Waals surface area contributed by atoms with Crippen molar-refractivity contribution in [3.8, 4) is 5.69 Å². The normalized spacial score (nSPS) is 16.6. The number of aromatic nitrogens is 2. The Morgan fingerprint density at radius 2 is 1.94 bits per heavy atom. The number of thioether (sulfide) groups is 1. The van der Waals surface area contributed by atoms with Gasteiger partial charge in [-0.1, -0.05) is 76.9 Å². The summed E-state index contributed by atoms with van der Waals surface area (Å²) in [4.78, 5) is 21.2. The van der Waals surface area contributed by atoms with E-state index in [4.69, 9.17) is 4.98 Å². The van der Waals surface area contributed by atoms with Gasteiger partial charge in [-0.15, -0.1) is 11.3 Å². The Morgan fingerprint density at radius 3 is 2.65 bits per heavy atom. The Labute approximate surface area is 194 Å². The molecule has 2 aromatic heterocycles. The van der Waals surface area contributed by atoms with Crippen molar-refractivity contribution >= 4 is 33.3 Å². The van der Waals surface area contributed by atoms with Crippen LogP contribution in [-0.4, -0.2) is 15.3 Å². The van der Waals surface area contributed by atoms with E-state index < -0.39 is 0 Å². The van der Waals surface area contributed by atoms with Gasteiger partial charge in [0.15, 0.2) is 5.16 Å². The summed E-state index contributed by atoms with van der Waals surface area (Å²) in [5.41, 5.74) is 2.59. The highest BCUT2D eigenvalue weighted by molar-refractivity contribution is 7.99. The van der Waals surface area contributed by atoms with E-state index in [1.54, 1.807) is 23.1 Å². The molecule has 0 bridgehead atoms. The largest absolute Gasteiger partial charge is 0.268 e. The van der Waals surface area contributed by atoms with Crippen molar-refractivity contribution < 1.29 is 0 Å². The summed E-state index contributed by atoms with van der Waals surface area (Å²) in [5, 5.41) is 1.71. The van der Waals surface area contributed by atoms with E-state index in [1.165, 1.54) is 29.7 Å². The highest BCUT2D eigenvalue weighted by Crippen LogP contribution is 2.42. The topological polar surface area (TPSA) is 34.9 Å². The lowest BCUT2D eigenvalue weighted by molar-refractivity contribution is 0.218. The highest BCUT2D eigenvalue weighted by Gasteiger charge is 2.32. The van der Waals surface area contributed by atoms with Gasteiger partial charge < -0.3 is 0 Å². The van der Waals surface area contributed by atoms with Gasteiger partial charge in [0.2, 0.25) is 0 Å². The van der Waals surface area contributed by atoms with Gasteiger partial charge in [0.25, 0.3) is 5.56 Å². The van der Waals surface area contributed by atoms with E-state index in [2.05, 4.69) is 27.7 Å². The lowest BCUT2D eigenvalue weighted by atomic mass is 9.72. The van der Waals surface area contributed by atoms with Crippen LogP contribution in [0.25, 0.3) is 15.9 Å². The maximum absolute atomic E-state index is 13.8. The van der Waals surface area contributed by atoms with Crippen molar-refractivity contribution in [1.29, 1.82) is 0 Å². The van der Waals surface area contributed by atoms with E-state index >= 15 is 0 Å². The van der Waals surface area contributed by atoms with Crippen LogP contribution in [0, 0.1) is 11.3 Å². The first-order chi connectivity index (χ1) is 14.9. The van der Waals surface area contributed by atoms with Crippen LogP contribution in [0.3, 0.4) is 0 Å². The second-order valence-corrected chi connectivity index (χ2v) is 11.9. The summed E-state index contributed by atoms with van der Waals surface area (Å²) in [6.45, 7) is 9.25. The molecular weight excluding hydrogens is 420 g/mol. The molecule has 0 radical (unpaired) electrons. The molecule has 31 heavy (non-hydrogen) atoms. The Kier molecular flexibility index (Phi) is 6.92. The summed E-state index contributed by atoms with van der Waals surface area (Å²) < 4.78 is 1.86. The zero-order chi connectivity index (χ0) is 22.0. The van der Waals surface area contributed by atoms with Crippen LogP contribution in [0.5, 0.6) is 0 Å². The number of para-hydroxylation sites is 1. The number of hydrogen-bond donors (Lipinski definition) is 0. The first-order valence-corrected chi connectivity index (χ1v) is 13.5. The molecule has 0 fully saturated rings. The first kappa shape index (κ1) is 22.6.